The van der Waals surface area contributed by atoms with E-state index in [4.69, 9.17) is 25.8 Å². The van der Waals surface area contributed by atoms with Crippen LogP contribution in [0.3, 0.4) is 0 Å². The van der Waals surface area contributed by atoms with Crippen LogP contribution < -0.4 is 19.5 Å². The number of hydrogen-bond donors (Lipinski definition) is 1. The predicted octanol–water partition coefficient (Wildman–Crippen LogP) is 5.58. The molecule has 0 aliphatic carbocycles. The van der Waals surface area contributed by atoms with Crippen molar-refractivity contribution in [2.24, 2.45) is 0 Å². The second-order valence-corrected chi connectivity index (χ2v) is 6.55. The van der Waals surface area contributed by atoms with Crippen molar-refractivity contribution in [3.05, 3.63) is 82.9 Å². The molecule has 0 saturated carbocycles. The van der Waals surface area contributed by atoms with Gasteiger partial charge in [-0.25, -0.2) is 0 Å². The summed E-state index contributed by atoms with van der Waals surface area (Å²) in [5.74, 6) is 1.18. The molecule has 0 atom stereocenters. The van der Waals surface area contributed by atoms with Crippen LogP contribution in [-0.4, -0.2) is 19.6 Å². The van der Waals surface area contributed by atoms with Crippen LogP contribution in [0.15, 0.2) is 66.7 Å². The number of rotatable bonds is 8. The first-order valence-corrected chi connectivity index (χ1v) is 9.57. The maximum atomic E-state index is 12.7. The average Bonchev–Trinajstić information content (AvgIpc) is 2.75. The molecular formula is C23H22ClNO4. The summed E-state index contributed by atoms with van der Waals surface area (Å²) in [6.07, 6.45) is 0. The minimum absolute atomic E-state index is 0.305. The number of hydrogen-bond acceptors (Lipinski definition) is 4. The SMILES string of the molecule is CCOc1c(Cl)cccc1NC(=O)c1ccc(OCc2ccccc2)c(OC)c1. The van der Waals surface area contributed by atoms with E-state index in [1.54, 1.807) is 36.4 Å². The largest absolute Gasteiger partial charge is 0.493 e. The van der Waals surface area contributed by atoms with Gasteiger partial charge in [-0.05, 0) is 42.8 Å². The van der Waals surface area contributed by atoms with Crippen molar-refractivity contribution in [2.75, 3.05) is 19.0 Å². The number of methoxy groups -OCH3 is 1. The number of benzene rings is 3. The summed E-state index contributed by atoms with van der Waals surface area (Å²) in [6, 6.07) is 20.1. The van der Waals surface area contributed by atoms with E-state index < -0.39 is 0 Å². The van der Waals surface area contributed by atoms with E-state index in [1.165, 1.54) is 7.11 Å². The fraction of sp³-hybridized carbons (Fsp3) is 0.174. The number of nitrogens with one attached hydrogen (secondary N) is 1. The van der Waals surface area contributed by atoms with Gasteiger partial charge in [0, 0.05) is 5.56 Å². The molecule has 0 saturated heterocycles. The van der Waals surface area contributed by atoms with E-state index >= 15 is 0 Å². The zero-order valence-corrected chi connectivity index (χ0v) is 17.0. The quantitative estimate of drug-likeness (QED) is 0.525. The molecule has 0 unspecified atom stereocenters. The van der Waals surface area contributed by atoms with Crippen LogP contribution in [0.1, 0.15) is 22.8 Å². The first kappa shape index (κ1) is 20.6. The van der Waals surface area contributed by atoms with Gasteiger partial charge in [-0.1, -0.05) is 48.0 Å². The molecule has 3 aromatic carbocycles. The minimum atomic E-state index is -0.305. The van der Waals surface area contributed by atoms with Gasteiger partial charge in [0.15, 0.2) is 17.2 Å². The second-order valence-electron chi connectivity index (χ2n) is 6.14. The Bertz CT molecular complexity index is 976. The summed E-state index contributed by atoms with van der Waals surface area (Å²) in [6.45, 7) is 2.70. The van der Waals surface area contributed by atoms with Crippen molar-refractivity contribution in [1.82, 2.24) is 0 Å². The van der Waals surface area contributed by atoms with Gasteiger partial charge in [-0.2, -0.15) is 0 Å². The highest BCUT2D eigenvalue weighted by Gasteiger charge is 2.15. The zero-order valence-electron chi connectivity index (χ0n) is 16.3. The molecule has 150 valence electrons. The Morgan fingerprint density at radius 2 is 1.76 bits per heavy atom. The highest BCUT2D eigenvalue weighted by molar-refractivity contribution is 6.32. The fourth-order valence-electron chi connectivity index (χ4n) is 2.76. The summed E-state index contributed by atoms with van der Waals surface area (Å²) >= 11 is 6.18. The number of anilines is 1. The van der Waals surface area contributed by atoms with E-state index in [-0.39, 0.29) is 5.91 Å². The third-order valence-electron chi connectivity index (χ3n) is 4.17. The lowest BCUT2D eigenvalue weighted by molar-refractivity contribution is 0.102. The van der Waals surface area contributed by atoms with Crippen molar-refractivity contribution >= 4 is 23.2 Å². The van der Waals surface area contributed by atoms with Crippen molar-refractivity contribution < 1.29 is 19.0 Å². The van der Waals surface area contributed by atoms with Crippen LogP contribution in [0.25, 0.3) is 0 Å². The van der Waals surface area contributed by atoms with E-state index in [0.29, 0.717) is 46.7 Å². The first-order valence-electron chi connectivity index (χ1n) is 9.19. The molecular weight excluding hydrogens is 390 g/mol. The summed E-state index contributed by atoms with van der Waals surface area (Å²) < 4.78 is 16.8. The third kappa shape index (κ3) is 5.21. The molecule has 1 N–H and O–H groups in total. The molecule has 3 rings (SSSR count). The molecule has 1 amide bonds. The third-order valence-corrected chi connectivity index (χ3v) is 4.46. The molecule has 29 heavy (non-hydrogen) atoms. The Balaban J connectivity index is 1.76. The van der Waals surface area contributed by atoms with Gasteiger partial charge in [0.25, 0.3) is 5.91 Å². The Morgan fingerprint density at radius 3 is 2.48 bits per heavy atom. The van der Waals surface area contributed by atoms with Crippen LogP contribution in [0, 0.1) is 0 Å². The van der Waals surface area contributed by atoms with Gasteiger partial charge >= 0.3 is 0 Å². The molecule has 0 bridgehead atoms. The van der Waals surface area contributed by atoms with Crippen molar-refractivity contribution in [1.29, 1.82) is 0 Å². The normalized spacial score (nSPS) is 10.3. The van der Waals surface area contributed by atoms with Crippen molar-refractivity contribution in [3.63, 3.8) is 0 Å². The van der Waals surface area contributed by atoms with E-state index in [0.717, 1.165) is 5.56 Å². The number of amides is 1. The lowest BCUT2D eigenvalue weighted by Crippen LogP contribution is -2.13. The topological polar surface area (TPSA) is 56.8 Å². The minimum Gasteiger partial charge on any atom is -0.493 e. The van der Waals surface area contributed by atoms with E-state index in [1.807, 2.05) is 37.3 Å². The number of carbonyl (C=O) groups excluding carboxylic acids is 1. The smallest absolute Gasteiger partial charge is 0.255 e. The molecule has 0 radical (unpaired) electrons. The molecule has 0 aromatic heterocycles. The molecule has 0 aliphatic rings. The first-order chi connectivity index (χ1) is 14.1. The molecule has 5 nitrogen and oxygen atoms in total. The van der Waals surface area contributed by atoms with Crippen molar-refractivity contribution in [3.8, 4) is 17.2 Å². The van der Waals surface area contributed by atoms with E-state index in [9.17, 15) is 4.79 Å². The van der Waals surface area contributed by atoms with E-state index in [2.05, 4.69) is 5.32 Å². The van der Waals surface area contributed by atoms with Crippen LogP contribution >= 0.6 is 11.6 Å². The van der Waals surface area contributed by atoms with Crippen molar-refractivity contribution in [2.45, 2.75) is 13.5 Å². The lowest BCUT2D eigenvalue weighted by atomic mass is 10.1. The zero-order chi connectivity index (χ0) is 20.6. The second kappa shape index (κ2) is 9.85. The maximum Gasteiger partial charge on any atom is 0.255 e. The molecule has 0 spiro atoms. The highest BCUT2D eigenvalue weighted by Crippen LogP contribution is 2.34. The summed E-state index contributed by atoms with van der Waals surface area (Å²) in [7, 11) is 1.54. The van der Waals surface area contributed by atoms with Crippen LogP contribution in [-0.2, 0) is 6.61 Å². The Morgan fingerprint density at radius 1 is 0.966 bits per heavy atom. The summed E-state index contributed by atoms with van der Waals surface area (Å²) in [4.78, 5) is 12.7. The van der Waals surface area contributed by atoms with Gasteiger partial charge in [-0.15, -0.1) is 0 Å². The molecule has 0 heterocycles. The predicted molar refractivity (Wildman–Crippen MR) is 114 cm³/mol. The van der Waals surface area contributed by atoms with Gasteiger partial charge in [0.05, 0.1) is 24.4 Å². The van der Waals surface area contributed by atoms with Gasteiger partial charge < -0.3 is 19.5 Å². The van der Waals surface area contributed by atoms with Crippen LogP contribution in [0.5, 0.6) is 17.2 Å². The fourth-order valence-corrected chi connectivity index (χ4v) is 2.99. The summed E-state index contributed by atoms with van der Waals surface area (Å²) in [5.41, 5.74) is 1.98. The average molecular weight is 412 g/mol. The standard InChI is InChI=1S/C23H22ClNO4/c1-3-28-22-18(24)10-7-11-19(22)25-23(26)17-12-13-20(21(14-17)27-2)29-15-16-8-5-4-6-9-16/h4-14H,3,15H2,1-2H3,(H,25,26). The van der Waals surface area contributed by atoms with Crippen LogP contribution in [0.4, 0.5) is 5.69 Å². The number of ether oxygens (including phenoxy) is 3. The number of carbonyl (C=O) groups is 1. The number of para-hydroxylation sites is 1. The summed E-state index contributed by atoms with van der Waals surface area (Å²) in [5, 5.41) is 3.27. The maximum absolute atomic E-state index is 12.7. The monoisotopic (exact) mass is 411 g/mol. The Labute approximate surface area is 175 Å². The molecule has 0 fully saturated rings. The lowest BCUT2D eigenvalue weighted by Gasteiger charge is -2.14. The number of halogens is 1. The molecule has 6 heteroatoms. The molecule has 3 aromatic rings. The van der Waals surface area contributed by atoms with Gasteiger partial charge in [0.1, 0.15) is 6.61 Å². The van der Waals surface area contributed by atoms with Gasteiger partial charge in [-0.3, -0.25) is 4.79 Å². The Kier molecular flexibility index (Phi) is 6.98. The molecule has 0 aliphatic heterocycles. The van der Waals surface area contributed by atoms with Gasteiger partial charge in [0.2, 0.25) is 0 Å². The highest BCUT2D eigenvalue weighted by atomic mass is 35.5. The van der Waals surface area contributed by atoms with Crippen LogP contribution in [0.2, 0.25) is 5.02 Å². The Hall–Kier alpha value is -3.18.